The molecule has 1 aliphatic rings. The highest BCUT2D eigenvalue weighted by molar-refractivity contribution is 7.98. The zero-order valence-electron chi connectivity index (χ0n) is 10.6. The van der Waals surface area contributed by atoms with Gasteiger partial charge in [-0.1, -0.05) is 23.4 Å². The Morgan fingerprint density at radius 1 is 1.33 bits per heavy atom. The van der Waals surface area contributed by atoms with E-state index in [1.807, 2.05) is 6.26 Å². The molecule has 1 aliphatic carbocycles. The molecule has 0 aliphatic heterocycles. The van der Waals surface area contributed by atoms with Crippen LogP contribution in [0.3, 0.4) is 0 Å². The molecule has 4 nitrogen and oxygen atoms in total. The molecule has 2 unspecified atom stereocenters. The minimum atomic E-state index is 0.157. The average Bonchev–Trinajstić information content (AvgIpc) is 2.38. The normalized spacial score (nSPS) is 23.9. The predicted octanol–water partition coefficient (Wildman–Crippen LogP) is 3.19. The van der Waals surface area contributed by atoms with Crippen LogP contribution < -0.4 is 4.74 Å². The largest absolute Gasteiger partial charge is 0.474 e. The molecule has 1 saturated carbocycles. The fourth-order valence-corrected chi connectivity index (χ4v) is 2.72. The van der Waals surface area contributed by atoms with Crippen molar-refractivity contribution in [2.75, 3.05) is 13.4 Å². The van der Waals surface area contributed by atoms with Gasteiger partial charge in [-0.2, -0.15) is 4.98 Å². The number of hydrogen-bond donors (Lipinski definition) is 0. The lowest BCUT2D eigenvalue weighted by Crippen LogP contribution is -2.29. The van der Waals surface area contributed by atoms with Crippen molar-refractivity contribution in [3.8, 4) is 5.88 Å². The number of nitrogens with zero attached hydrogens (tertiary/aromatic N) is 2. The Kier molecular flexibility index (Phi) is 5.09. The summed E-state index contributed by atoms with van der Waals surface area (Å²) in [6.07, 6.45) is 6.54. The highest BCUT2D eigenvalue weighted by atomic mass is 35.5. The van der Waals surface area contributed by atoms with Gasteiger partial charge in [0.15, 0.2) is 5.16 Å². The molecule has 0 aromatic carbocycles. The summed E-state index contributed by atoms with van der Waals surface area (Å²) >= 11 is 7.39. The summed E-state index contributed by atoms with van der Waals surface area (Å²) in [5.41, 5.74) is 0. The molecule has 1 aromatic rings. The topological polar surface area (TPSA) is 44.2 Å². The molecule has 100 valence electrons. The summed E-state index contributed by atoms with van der Waals surface area (Å²) in [5, 5.41) is 1.06. The minimum absolute atomic E-state index is 0.157. The van der Waals surface area contributed by atoms with Gasteiger partial charge in [-0.3, -0.25) is 0 Å². The molecule has 0 bridgehead atoms. The van der Waals surface area contributed by atoms with Crippen molar-refractivity contribution in [2.24, 2.45) is 0 Å². The lowest BCUT2D eigenvalue weighted by Gasteiger charge is -2.28. The van der Waals surface area contributed by atoms with Crippen LogP contribution >= 0.6 is 23.4 Å². The summed E-state index contributed by atoms with van der Waals surface area (Å²) in [4.78, 5) is 8.39. The Morgan fingerprint density at radius 2 is 2.11 bits per heavy atom. The van der Waals surface area contributed by atoms with E-state index < -0.39 is 0 Å². The molecule has 1 heterocycles. The Balaban J connectivity index is 2.02. The first-order valence-electron chi connectivity index (χ1n) is 5.99. The summed E-state index contributed by atoms with van der Waals surface area (Å²) in [7, 11) is 1.75. The Hall–Kier alpha value is -0.520. The summed E-state index contributed by atoms with van der Waals surface area (Å²) in [6.45, 7) is 0. The highest BCUT2D eigenvalue weighted by Gasteiger charge is 2.23. The third kappa shape index (κ3) is 3.73. The molecule has 1 fully saturated rings. The van der Waals surface area contributed by atoms with Gasteiger partial charge in [-0.15, -0.1) is 0 Å². The molecule has 6 heteroatoms. The van der Waals surface area contributed by atoms with E-state index in [0.29, 0.717) is 22.3 Å². The van der Waals surface area contributed by atoms with Crippen LogP contribution in [0.4, 0.5) is 0 Å². The first-order valence-corrected chi connectivity index (χ1v) is 7.59. The maximum Gasteiger partial charge on any atom is 0.219 e. The average molecular weight is 289 g/mol. The van der Waals surface area contributed by atoms with Gasteiger partial charge in [-0.25, -0.2) is 4.98 Å². The van der Waals surface area contributed by atoms with Crippen LogP contribution in [0.25, 0.3) is 0 Å². The number of ether oxygens (including phenoxy) is 2. The zero-order chi connectivity index (χ0) is 13.0. The van der Waals surface area contributed by atoms with Gasteiger partial charge < -0.3 is 9.47 Å². The molecular formula is C12H17ClN2O2S. The van der Waals surface area contributed by atoms with E-state index in [9.17, 15) is 0 Å². The van der Waals surface area contributed by atoms with Gasteiger partial charge in [-0.05, 0) is 25.5 Å². The molecule has 0 amide bonds. The van der Waals surface area contributed by atoms with Crippen LogP contribution in [0, 0.1) is 0 Å². The van der Waals surface area contributed by atoms with Gasteiger partial charge >= 0.3 is 0 Å². The Morgan fingerprint density at radius 3 is 2.83 bits per heavy atom. The number of methoxy groups -OCH3 is 1. The van der Waals surface area contributed by atoms with Gasteiger partial charge in [0.25, 0.3) is 0 Å². The summed E-state index contributed by atoms with van der Waals surface area (Å²) < 4.78 is 11.3. The fourth-order valence-electron chi connectivity index (χ4n) is 2.12. The molecule has 0 N–H and O–H groups in total. The van der Waals surface area contributed by atoms with Gasteiger partial charge in [0, 0.05) is 19.6 Å². The molecular weight excluding hydrogens is 272 g/mol. The molecule has 2 rings (SSSR count). The Bertz CT molecular complexity index is 406. The van der Waals surface area contributed by atoms with E-state index >= 15 is 0 Å². The third-order valence-corrected chi connectivity index (χ3v) is 3.77. The van der Waals surface area contributed by atoms with Crippen molar-refractivity contribution >= 4 is 23.4 Å². The molecule has 0 radical (unpaired) electrons. The minimum Gasteiger partial charge on any atom is -0.474 e. The molecule has 1 aromatic heterocycles. The van der Waals surface area contributed by atoms with Crippen LogP contribution in [-0.2, 0) is 4.74 Å². The lowest BCUT2D eigenvalue weighted by atomic mass is 9.95. The first-order chi connectivity index (χ1) is 8.71. The van der Waals surface area contributed by atoms with Crippen molar-refractivity contribution in [1.82, 2.24) is 9.97 Å². The predicted molar refractivity (Wildman–Crippen MR) is 72.5 cm³/mol. The first kappa shape index (κ1) is 13.9. The summed E-state index contributed by atoms with van der Waals surface area (Å²) in [5.74, 6) is 0.557. The standard InChI is InChI=1S/C12H17ClN2O2S/c1-16-8-4-3-5-9(6-8)17-11-7-10(13)14-12(15-11)18-2/h7-9H,3-6H2,1-2H3. The van der Waals surface area contributed by atoms with Crippen molar-refractivity contribution in [3.05, 3.63) is 11.2 Å². The molecule has 18 heavy (non-hydrogen) atoms. The van der Waals surface area contributed by atoms with E-state index in [2.05, 4.69) is 9.97 Å². The second kappa shape index (κ2) is 6.59. The van der Waals surface area contributed by atoms with Crippen LogP contribution in [0.15, 0.2) is 11.2 Å². The van der Waals surface area contributed by atoms with Crippen LogP contribution in [-0.4, -0.2) is 35.5 Å². The number of halogens is 1. The maximum atomic E-state index is 5.93. The van der Waals surface area contributed by atoms with Crippen molar-refractivity contribution in [3.63, 3.8) is 0 Å². The highest BCUT2D eigenvalue weighted by Crippen LogP contribution is 2.26. The number of rotatable bonds is 4. The van der Waals surface area contributed by atoms with Gasteiger partial charge in [0.05, 0.1) is 6.10 Å². The van der Waals surface area contributed by atoms with Crippen LogP contribution in [0.5, 0.6) is 5.88 Å². The van der Waals surface area contributed by atoms with E-state index in [1.54, 1.807) is 13.2 Å². The second-order valence-corrected chi connectivity index (χ2v) is 5.44. The van der Waals surface area contributed by atoms with Gasteiger partial charge in [0.1, 0.15) is 11.3 Å². The van der Waals surface area contributed by atoms with Crippen molar-refractivity contribution in [1.29, 1.82) is 0 Å². The summed E-state index contributed by atoms with van der Waals surface area (Å²) in [6, 6.07) is 1.66. The van der Waals surface area contributed by atoms with Gasteiger partial charge in [0.2, 0.25) is 5.88 Å². The Labute approximate surface area is 116 Å². The third-order valence-electron chi connectivity index (χ3n) is 3.03. The quantitative estimate of drug-likeness (QED) is 0.484. The van der Waals surface area contributed by atoms with E-state index in [1.165, 1.54) is 11.8 Å². The second-order valence-electron chi connectivity index (χ2n) is 4.28. The molecule has 2 atom stereocenters. The molecule has 0 spiro atoms. The van der Waals surface area contributed by atoms with Crippen LogP contribution in [0.2, 0.25) is 5.15 Å². The molecule has 0 saturated heterocycles. The van der Waals surface area contributed by atoms with Crippen molar-refractivity contribution < 1.29 is 9.47 Å². The van der Waals surface area contributed by atoms with E-state index in [-0.39, 0.29) is 6.10 Å². The monoisotopic (exact) mass is 288 g/mol. The smallest absolute Gasteiger partial charge is 0.219 e. The number of thioether (sulfide) groups is 1. The fraction of sp³-hybridized carbons (Fsp3) is 0.667. The lowest BCUT2D eigenvalue weighted by molar-refractivity contribution is 0.0192. The zero-order valence-corrected chi connectivity index (χ0v) is 12.1. The maximum absolute atomic E-state index is 5.93. The van der Waals surface area contributed by atoms with E-state index in [4.69, 9.17) is 21.1 Å². The van der Waals surface area contributed by atoms with Crippen molar-refractivity contribution in [2.45, 2.75) is 43.0 Å². The SMILES string of the molecule is COC1CCCC(Oc2cc(Cl)nc(SC)n2)C1. The van der Waals surface area contributed by atoms with Crippen LogP contribution in [0.1, 0.15) is 25.7 Å². The number of aromatic nitrogens is 2. The van der Waals surface area contributed by atoms with E-state index in [0.717, 1.165) is 25.7 Å². The number of hydrogen-bond acceptors (Lipinski definition) is 5.